The van der Waals surface area contributed by atoms with Crippen molar-refractivity contribution in [2.45, 2.75) is 45.7 Å². The molecule has 1 heterocycles. The van der Waals surface area contributed by atoms with Crippen LogP contribution >= 0.6 is 11.6 Å². The van der Waals surface area contributed by atoms with Crippen molar-refractivity contribution in [2.24, 2.45) is 5.41 Å². The molecule has 2 aliphatic rings. The number of rotatable bonds is 3. The predicted octanol–water partition coefficient (Wildman–Crippen LogP) is 6.60. The molecule has 2 N–H and O–H groups in total. The number of ketones is 1. The molecule has 0 saturated heterocycles. The Hall–Kier alpha value is -3.06. The van der Waals surface area contributed by atoms with Crippen LogP contribution in [0.15, 0.2) is 71.1 Å². The lowest BCUT2D eigenvalue weighted by atomic mass is 9.68. The zero-order chi connectivity index (χ0) is 24.8. The van der Waals surface area contributed by atoms with Crippen LogP contribution in [-0.2, 0) is 15.8 Å². The van der Waals surface area contributed by atoms with Gasteiger partial charge in [-0.15, -0.1) is 0 Å². The van der Waals surface area contributed by atoms with Crippen LogP contribution in [0.4, 0.5) is 18.9 Å². The topological polar surface area (TPSA) is 58.2 Å². The Balaban J connectivity index is 1.79. The highest BCUT2D eigenvalue weighted by Crippen LogP contribution is 2.48. The Bertz CT molecular complexity index is 1240. The van der Waals surface area contributed by atoms with Crippen LogP contribution in [0, 0.1) is 5.41 Å². The average molecular weight is 489 g/mol. The smallest absolute Gasteiger partial charge is 0.362 e. The molecule has 0 spiro atoms. The lowest BCUT2D eigenvalue weighted by molar-refractivity contribution is -0.137. The first-order valence-electron chi connectivity index (χ1n) is 10.8. The molecule has 0 aromatic heterocycles. The molecule has 2 aromatic rings. The van der Waals surface area contributed by atoms with Gasteiger partial charge in [-0.2, -0.15) is 13.2 Å². The van der Waals surface area contributed by atoms with Crippen molar-refractivity contribution in [2.75, 3.05) is 5.32 Å². The standard InChI is InChI=1S/C26H24ClF3N2O2/c1-14-21(24(34)32-16-8-6-7-15(11-16)26(28,29)30)22(17-9-4-5-10-18(17)27)23-19(31-14)12-25(2,3)13-20(23)33/h4-11,22,31H,12-13H2,1-3H3,(H,32,34)/t22-/m0/s1. The summed E-state index contributed by atoms with van der Waals surface area (Å²) in [5, 5.41) is 6.22. The van der Waals surface area contributed by atoms with Gasteiger partial charge in [0, 0.05) is 45.6 Å². The fourth-order valence-electron chi connectivity index (χ4n) is 4.73. The van der Waals surface area contributed by atoms with Gasteiger partial charge in [-0.1, -0.05) is 49.7 Å². The van der Waals surface area contributed by atoms with Gasteiger partial charge in [0.15, 0.2) is 5.78 Å². The van der Waals surface area contributed by atoms with Crippen molar-refractivity contribution < 1.29 is 22.8 Å². The number of dihydropyridines is 1. The van der Waals surface area contributed by atoms with E-state index in [1.165, 1.54) is 12.1 Å². The lowest BCUT2D eigenvalue weighted by Gasteiger charge is -2.39. The molecule has 178 valence electrons. The third-order valence-electron chi connectivity index (χ3n) is 6.15. The summed E-state index contributed by atoms with van der Waals surface area (Å²) in [6.07, 6.45) is -3.60. The van der Waals surface area contributed by atoms with E-state index in [2.05, 4.69) is 10.6 Å². The third-order valence-corrected chi connectivity index (χ3v) is 6.49. The minimum absolute atomic E-state index is 0.00825. The summed E-state index contributed by atoms with van der Waals surface area (Å²) in [7, 11) is 0. The number of nitrogens with one attached hydrogen (secondary N) is 2. The SMILES string of the molecule is CC1=C(C(=O)Nc2cccc(C(F)(F)F)c2)[C@H](c2ccccc2Cl)C2=C(CC(C)(C)CC2=O)N1. The highest BCUT2D eigenvalue weighted by molar-refractivity contribution is 6.31. The molecule has 0 radical (unpaired) electrons. The summed E-state index contributed by atoms with van der Waals surface area (Å²) in [4.78, 5) is 26.8. The molecule has 1 aliphatic heterocycles. The first-order valence-corrected chi connectivity index (χ1v) is 11.2. The molecule has 0 unspecified atom stereocenters. The number of allylic oxidation sites excluding steroid dienone is 3. The molecule has 0 bridgehead atoms. The van der Waals surface area contributed by atoms with Crippen LogP contribution in [-0.4, -0.2) is 11.7 Å². The number of carbonyl (C=O) groups excluding carboxylic acids is 2. The molecular weight excluding hydrogens is 465 g/mol. The largest absolute Gasteiger partial charge is 0.416 e. The Morgan fingerprint density at radius 2 is 1.82 bits per heavy atom. The predicted molar refractivity (Wildman–Crippen MR) is 125 cm³/mol. The molecule has 1 aliphatic carbocycles. The first kappa shape index (κ1) is 24.1. The Kier molecular flexibility index (Phi) is 6.10. The molecule has 0 saturated carbocycles. The van der Waals surface area contributed by atoms with E-state index < -0.39 is 23.6 Å². The minimum atomic E-state index is -4.54. The summed E-state index contributed by atoms with van der Waals surface area (Å²) < 4.78 is 39.5. The van der Waals surface area contributed by atoms with E-state index in [-0.39, 0.29) is 22.5 Å². The van der Waals surface area contributed by atoms with Crippen molar-refractivity contribution in [3.05, 3.63) is 87.2 Å². The van der Waals surface area contributed by atoms with Crippen molar-refractivity contribution in [3.8, 4) is 0 Å². The van der Waals surface area contributed by atoms with E-state index in [1.54, 1.807) is 31.2 Å². The summed E-state index contributed by atoms with van der Waals surface area (Å²) >= 11 is 6.51. The second-order valence-electron chi connectivity index (χ2n) is 9.48. The quantitative estimate of drug-likeness (QED) is 0.511. The number of amides is 1. The summed E-state index contributed by atoms with van der Waals surface area (Å²) in [5.41, 5.74) is 1.50. The van der Waals surface area contributed by atoms with E-state index in [0.29, 0.717) is 34.7 Å². The number of benzene rings is 2. The van der Waals surface area contributed by atoms with Gasteiger partial charge in [0.2, 0.25) is 0 Å². The fraction of sp³-hybridized carbons (Fsp3) is 0.308. The number of alkyl halides is 3. The first-order chi connectivity index (χ1) is 15.9. The zero-order valence-corrected chi connectivity index (χ0v) is 19.7. The van der Waals surface area contributed by atoms with Gasteiger partial charge in [-0.3, -0.25) is 9.59 Å². The third kappa shape index (κ3) is 4.62. The second-order valence-corrected chi connectivity index (χ2v) is 9.89. The van der Waals surface area contributed by atoms with Gasteiger partial charge in [0.1, 0.15) is 0 Å². The number of anilines is 1. The van der Waals surface area contributed by atoms with Crippen molar-refractivity contribution in [1.82, 2.24) is 5.32 Å². The van der Waals surface area contributed by atoms with Gasteiger partial charge in [0.05, 0.1) is 5.56 Å². The van der Waals surface area contributed by atoms with Crippen molar-refractivity contribution in [1.29, 1.82) is 0 Å². The van der Waals surface area contributed by atoms with Crippen LogP contribution in [0.5, 0.6) is 0 Å². The van der Waals surface area contributed by atoms with E-state index >= 15 is 0 Å². The molecule has 1 amide bonds. The summed E-state index contributed by atoms with van der Waals surface area (Å²) in [5.74, 6) is -1.42. The van der Waals surface area contributed by atoms with Crippen LogP contribution in [0.2, 0.25) is 5.02 Å². The maximum atomic E-state index is 13.5. The molecule has 4 nitrogen and oxygen atoms in total. The molecular formula is C26H24ClF3N2O2. The number of hydrogen-bond donors (Lipinski definition) is 2. The number of Topliss-reactive ketones (excluding diaryl/α,β-unsaturated/α-hetero) is 1. The van der Waals surface area contributed by atoms with Crippen LogP contribution < -0.4 is 10.6 Å². The van der Waals surface area contributed by atoms with Crippen LogP contribution in [0.25, 0.3) is 0 Å². The van der Waals surface area contributed by atoms with Crippen LogP contribution in [0.3, 0.4) is 0 Å². The highest BCUT2D eigenvalue weighted by Gasteiger charge is 2.43. The Morgan fingerprint density at radius 3 is 2.50 bits per heavy atom. The number of hydrogen-bond acceptors (Lipinski definition) is 3. The Labute approximate surface area is 200 Å². The van der Waals surface area contributed by atoms with Gasteiger partial charge in [-0.05, 0) is 48.6 Å². The molecule has 2 aromatic carbocycles. The van der Waals surface area contributed by atoms with E-state index in [4.69, 9.17) is 11.6 Å². The van der Waals surface area contributed by atoms with Crippen molar-refractivity contribution >= 4 is 29.0 Å². The zero-order valence-electron chi connectivity index (χ0n) is 18.9. The molecule has 1 atom stereocenters. The minimum Gasteiger partial charge on any atom is -0.362 e. The molecule has 34 heavy (non-hydrogen) atoms. The van der Waals surface area contributed by atoms with E-state index in [1.807, 2.05) is 13.8 Å². The van der Waals surface area contributed by atoms with Gasteiger partial charge >= 0.3 is 6.18 Å². The average Bonchev–Trinajstić information content (AvgIpc) is 2.71. The summed E-state index contributed by atoms with van der Waals surface area (Å²) in [6.45, 7) is 5.74. The highest BCUT2D eigenvalue weighted by atomic mass is 35.5. The van der Waals surface area contributed by atoms with E-state index in [0.717, 1.165) is 17.8 Å². The van der Waals surface area contributed by atoms with Gasteiger partial charge < -0.3 is 10.6 Å². The van der Waals surface area contributed by atoms with Gasteiger partial charge in [0.25, 0.3) is 5.91 Å². The van der Waals surface area contributed by atoms with Gasteiger partial charge in [-0.25, -0.2) is 0 Å². The fourth-order valence-corrected chi connectivity index (χ4v) is 4.97. The molecule has 0 fully saturated rings. The van der Waals surface area contributed by atoms with Crippen molar-refractivity contribution in [3.63, 3.8) is 0 Å². The lowest BCUT2D eigenvalue weighted by Crippen LogP contribution is -2.39. The monoisotopic (exact) mass is 488 g/mol. The molecule has 8 heteroatoms. The normalized spacial score (nSPS) is 20.1. The maximum Gasteiger partial charge on any atom is 0.416 e. The Morgan fingerprint density at radius 1 is 1.12 bits per heavy atom. The van der Waals surface area contributed by atoms with E-state index in [9.17, 15) is 22.8 Å². The molecule has 4 rings (SSSR count). The number of carbonyl (C=O) groups is 2. The second kappa shape index (κ2) is 8.62. The summed E-state index contributed by atoms with van der Waals surface area (Å²) in [6, 6.07) is 11.4. The maximum absolute atomic E-state index is 13.5. The number of halogens is 4. The van der Waals surface area contributed by atoms with Crippen LogP contribution in [0.1, 0.15) is 50.7 Å².